The number of hydrogen-bond donors (Lipinski definition) is 2. The van der Waals surface area contributed by atoms with Crippen molar-refractivity contribution in [2.75, 3.05) is 11.9 Å². The van der Waals surface area contributed by atoms with E-state index in [1.807, 2.05) is 39.0 Å². The number of carbonyl (C=O) groups excluding carboxylic acids is 1. The third-order valence-corrected chi connectivity index (χ3v) is 4.73. The van der Waals surface area contributed by atoms with Crippen LogP contribution in [-0.4, -0.2) is 12.6 Å². The van der Waals surface area contributed by atoms with Crippen molar-refractivity contribution in [3.05, 3.63) is 100 Å². The Kier molecular flexibility index (Phi) is 9.90. The lowest BCUT2D eigenvalue weighted by Crippen LogP contribution is -2.09. The maximum absolute atomic E-state index is 11.0. The highest BCUT2D eigenvalue weighted by Crippen LogP contribution is 2.28. The maximum Gasteiger partial charge on any atom is 0.302 e. The molecule has 0 aliphatic heterocycles. The zero-order chi connectivity index (χ0) is 25.8. The van der Waals surface area contributed by atoms with Crippen molar-refractivity contribution in [1.82, 2.24) is 0 Å². The highest BCUT2D eigenvalue weighted by atomic mass is 16.5. The van der Waals surface area contributed by atoms with Gasteiger partial charge in [0, 0.05) is 24.8 Å². The van der Waals surface area contributed by atoms with E-state index in [9.17, 15) is 4.79 Å². The van der Waals surface area contributed by atoms with Crippen LogP contribution in [0.25, 0.3) is 6.08 Å². The van der Waals surface area contributed by atoms with Crippen molar-refractivity contribution in [3.63, 3.8) is 0 Å². The SMILES string of the molecule is CC(=O)OC/C=C/C(N)=C(\C=C(/C)Oc1c(C)cc(/C=C/C#N)cc1C)Nc1ccc(C#N)cc1. The number of aryl methyl sites for hydroxylation is 2. The van der Waals surface area contributed by atoms with Crippen LogP contribution in [0.3, 0.4) is 0 Å². The monoisotopic (exact) mass is 468 g/mol. The molecule has 0 spiro atoms. The molecule has 0 atom stereocenters. The Balaban J connectivity index is 2.36. The molecule has 0 aliphatic carbocycles. The summed E-state index contributed by atoms with van der Waals surface area (Å²) in [6.07, 6.45) is 8.24. The Morgan fingerprint density at radius 2 is 1.77 bits per heavy atom. The normalized spacial score (nSPS) is 12.1. The Hall–Kier alpha value is -4.75. The lowest BCUT2D eigenvalue weighted by Gasteiger charge is -2.15. The number of nitrogens with zero attached hydrogens (tertiary/aromatic N) is 2. The van der Waals surface area contributed by atoms with Gasteiger partial charge in [-0.05, 0) is 92.1 Å². The summed E-state index contributed by atoms with van der Waals surface area (Å²) in [6.45, 7) is 7.14. The molecule has 0 aliphatic rings. The van der Waals surface area contributed by atoms with E-state index in [4.69, 9.17) is 25.7 Å². The molecule has 0 radical (unpaired) electrons. The van der Waals surface area contributed by atoms with Crippen molar-refractivity contribution in [2.45, 2.75) is 27.7 Å². The Morgan fingerprint density at radius 3 is 2.34 bits per heavy atom. The number of allylic oxidation sites excluding steroid dienone is 4. The van der Waals surface area contributed by atoms with Gasteiger partial charge in [-0.25, -0.2) is 0 Å². The summed E-state index contributed by atoms with van der Waals surface area (Å²) < 4.78 is 11.1. The third kappa shape index (κ3) is 8.60. The summed E-state index contributed by atoms with van der Waals surface area (Å²) in [5, 5.41) is 21.0. The molecule has 0 fully saturated rings. The fourth-order valence-electron chi connectivity index (χ4n) is 3.17. The fourth-order valence-corrected chi connectivity index (χ4v) is 3.17. The van der Waals surface area contributed by atoms with E-state index in [0.717, 1.165) is 28.1 Å². The third-order valence-electron chi connectivity index (χ3n) is 4.73. The van der Waals surface area contributed by atoms with E-state index in [-0.39, 0.29) is 12.6 Å². The summed E-state index contributed by atoms with van der Waals surface area (Å²) in [6, 6.07) is 14.9. The molecule has 0 aromatic heterocycles. The number of anilines is 1. The van der Waals surface area contributed by atoms with Crippen molar-refractivity contribution < 1.29 is 14.3 Å². The minimum atomic E-state index is -0.378. The second-order valence-electron chi connectivity index (χ2n) is 7.69. The second kappa shape index (κ2) is 13.1. The predicted molar refractivity (Wildman–Crippen MR) is 137 cm³/mol. The molecule has 0 saturated carbocycles. The second-order valence-corrected chi connectivity index (χ2v) is 7.69. The van der Waals surface area contributed by atoms with Gasteiger partial charge in [0.15, 0.2) is 0 Å². The molecule has 0 unspecified atom stereocenters. The zero-order valence-electron chi connectivity index (χ0n) is 20.3. The number of hydrogen-bond acceptors (Lipinski definition) is 7. The van der Waals surface area contributed by atoms with Crippen LogP contribution in [0.4, 0.5) is 5.69 Å². The highest BCUT2D eigenvalue weighted by Gasteiger charge is 2.09. The van der Waals surface area contributed by atoms with Gasteiger partial charge in [0.25, 0.3) is 0 Å². The van der Waals surface area contributed by atoms with Crippen LogP contribution in [0, 0.1) is 36.5 Å². The molecule has 3 N–H and O–H groups in total. The standard InChI is InChI=1S/C28H28N4O3/c1-19-15-24(7-5-13-29)16-20(2)28(19)35-21(3)17-27(26(31)8-6-14-34-22(4)33)32-25-11-9-23(18-30)10-12-25/h5-12,15-17,32H,14,31H2,1-4H3/b7-5+,8-6+,21-17+,27-26-. The van der Waals surface area contributed by atoms with E-state index in [1.54, 1.807) is 48.6 Å². The van der Waals surface area contributed by atoms with Gasteiger partial charge in [-0.15, -0.1) is 0 Å². The van der Waals surface area contributed by atoms with Crippen LogP contribution in [0.15, 0.2) is 77.9 Å². The molecule has 7 heteroatoms. The lowest BCUT2D eigenvalue weighted by atomic mass is 10.1. The van der Waals surface area contributed by atoms with Gasteiger partial charge in [0.05, 0.1) is 29.1 Å². The van der Waals surface area contributed by atoms with E-state index >= 15 is 0 Å². The summed E-state index contributed by atoms with van der Waals surface area (Å²) >= 11 is 0. The van der Waals surface area contributed by atoms with Crippen LogP contribution in [0.1, 0.15) is 36.1 Å². The lowest BCUT2D eigenvalue weighted by molar-refractivity contribution is -0.139. The average Bonchev–Trinajstić information content (AvgIpc) is 2.82. The molecule has 0 amide bonds. The average molecular weight is 469 g/mol. The number of esters is 1. The number of ether oxygens (including phenoxy) is 2. The van der Waals surface area contributed by atoms with Crippen molar-refractivity contribution in [2.24, 2.45) is 5.73 Å². The van der Waals surface area contributed by atoms with Crippen molar-refractivity contribution in [3.8, 4) is 17.9 Å². The molecule has 0 saturated heterocycles. The Labute approximate surface area is 206 Å². The number of rotatable bonds is 9. The molecule has 0 heterocycles. The quantitative estimate of drug-likeness (QED) is 0.219. The number of nitrogens with one attached hydrogen (secondary N) is 1. The fraction of sp³-hybridized carbons (Fsp3) is 0.179. The molecule has 0 bridgehead atoms. The summed E-state index contributed by atoms with van der Waals surface area (Å²) in [7, 11) is 0. The van der Waals surface area contributed by atoms with Crippen LogP contribution >= 0.6 is 0 Å². The van der Waals surface area contributed by atoms with Gasteiger partial charge >= 0.3 is 5.97 Å². The summed E-state index contributed by atoms with van der Waals surface area (Å²) in [4.78, 5) is 11.0. The van der Waals surface area contributed by atoms with Gasteiger partial charge in [-0.3, -0.25) is 4.79 Å². The van der Waals surface area contributed by atoms with Crippen LogP contribution in [0.5, 0.6) is 5.75 Å². The van der Waals surface area contributed by atoms with Gasteiger partial charge in [0.1, 0.15) is 18.1 Å². The van der Waals surface area contributed by atoms with E-state index in [0.29, 0.717) is 22.7 Å². The van der Waals surface area contributed by atoms with E-state index in [2.05, 4.69) is 11.4 Å². The van der Waals surface area contributed by atoms with E-state index < -0.39 is 0 Å². The van der Waals surface area contributed by atoms with Crippen LogP contribution in [-0.2, 0) is 9.53 Å². The maximum atomic E-state index is 11.0. The number of carbonyl (C=O) groups is 1. The topological polar surface area (TPSA) is 121 Å². The Morgan fingerprint density at radius 1 is 1.11 bits per heavy atom. The van der Waals surface area contributed by atoms with E-state index in [1.165, 1.54) is 13.0 Å². The van der Waals surface area contributed by atoms with Gasteiger partial charge in [-0.1, -0.05) is 0 Å². The molecule has 7 nitrogen and oxygen atoms in total. The predicted octanol–water partition coefficient (Wildman–Crippen LogP) is 5.40. The molecule has 2 aromatic carbocycles. The largest absolute Gasteiger partial charge is 0.462 e. The minimum absolute atomic E-state index is 0.102. The van der Waals surface area contributed by atoms with Crippen LogP contribution in [0.2, 0.25) is 0 Å². The summed E-state index contributed by atoms with van der Waals surface area (Å²) in [5.74, 6) is 0.927. The first-order valence-corrected chi connectivity index (χ1v) is 10.8. The molecule has 2 aromatic rings. The minimum Gasteiger partial charge on any atom is -0.462 e. The van der Waals surface area contributed by atoms with Crippen molar-refractivity contribution in [1.29, 1.82) is 10.5 Å². The molecular weight excluding hydrogens is 440 g/mol. The van der Waals surface area contributed by atoms with Gasteiger partial charge < -0.3 is 20.5 Å². The molecular formula is C28H28N4O3. The molecule has 178 valence electrons. The first-order chi connectivity index (χ1) is 16.7. The smallest absolute Gasteiger partial charge is 0.302 e. The van der Waals surface area contributed by atoms with Crippen molar-refractivity contribution >= 4 is 17.7 Å². The number of nitriles is 2. The Bertz CT molecular complexity index is 1250. The number of benzene rings is 2. The summed E-state index contributed by atoms with van der Waals surface area (Å²) in [5.41, 5.74) is 11.3. The zero-order valence-corrected chi connectivity index (χ0v) is 20.3. The first kappa shape index (κ1) is 26.5. The molecule has 2 rings (SSSR count). The van der Waals surface area contributed by atoms with Crippen LogP contribution < -0.4 is 15.8 Å². The van der Waals surface area contributed by atoms with Gasteiger partial charge in [0.2, 0.25) is 0 Å². The highest BCUT2D eigenvalue weighted by molar-refractivity contribution is 5.66. The number of nitrogens with two attached hydrogens (primary N) is 1. The van der Waals surface area contributed by atoms with Gasteiger partial charge in [-0.2, -0.15) is 10.5 Å². The first-order valence-electron chi connectivity index (χ1n) is 10.8. The molecule has 35 heavy (non-hydrogen) atoms.